The maximum Gasteiger partial charge on any atom is 0.126 e. The predicted molar refractivity (Wildman–Crippen MR) is 64.0 cm³/mol. The summed E-state index contributed by atoms with van der Waals surface area (Å²) in [7, 11) is 0. The van der Waals surface area contributed by atoms with Gasteiger partial charge in [-0.25, -0.2) is 4.98 Å². The van der Waals surface area contributed by atoms with Gasteiger partial charge in [0.05, 0.1) is 0 Å². The van der Waals surface area contributed by atoms with Crippen molar-refractivity contribution < 1.29 is 0 Å². The Morgan fingerprint density at radius 2 is 2.47 bits per heavy atom. The number of nitrogens with zero attached hydrogens (tertiary/aromatic N) is 1. The first kappa shape index (κ1) is 10.7. The predicted octanol–water partition coefficient (Wildman–Crippen LogP) is 3.00. The van der Waals surface area contributed by atoms with Crippen molar-refractivity contribution in [2.75, 3.05) is 5.73 Å². The number of nitrogen functional groups attached to an aromatic ring is 1. The molecule has 1 fully saturated rings. The van der Waals surface area contributed by atoms with Crippen molar-refractivity contribution in [2.24, 2.45) is 5.41 Å². The van der Waals surface area contributed by atoms with E-state index in [4.69, 9.17) is 17.3 Å². The van der Waals surface area contributed by atoms with Gasteiger partial charge in [-0.2, -0.15) is 0 Å². The molecule has 3 heteroatoms. The smallest absolute Gasteiger partial charge is 0.126 e. The maximum atomic E-state index is 6.16. The Labute approximate surface area is 95.8 Å². The molecular formula is C12H17ClN2. The van der Waals surface area contributed by atoms with Gasteiger partial charge in [-0.1, -0.05) is 13.0 Å². The number of hydrogen-bond acceptors (Lipinski definition) is 2. The van der Waals surface area contributed by atoms with Crippen LogP contribution in [0.3, 0.4) is 0 Å². The van der Waals surface area contributed by atoms with Crippen LogP contribution < -0.4 is 5.73 Å². The number of hydrogen-bond donors (Lipinski definition) is 1. The zero-order chi connectivity index (χ0) is 10.9. The molecule has 2 atom stereocenters. The molecule has 1 aromatic heterocycles. The van der Waals surface area contributed by atoms with Crippen LogP contribution in [0.1, 0.15) is 31.7 Å². The van der Waals surface area contributed by atoms with E-state index >= 15 is 0 Å². The van der Waals surface area contributed by atoms with Crippen LogP contribution in [0.15, 0.2) is 18.3 Å². The molecular weight excluding hydrogens is 208 g/mol. The van der Waals surface area contributed by atoms with Gasteiger partial charge in [0.1, 0.15) is 5.82 Å². The van der Waals surface area contributed by atoms with Gasteiger partial charge in [0.2, 0.25) is 0 Å². The molecule has 1 aliphatic rings. The van der Waals surface area contributed by atoms with Crippen molar-refractivity contribution in [3.63, 3.8) is 0 Å². The Kier molecular flexibility index (Phi) is 2.87. The second-order valence-electron chi connectivity index (χ2n) is 4.88. The lowest BCUT2D eigenvalue weighted by Gasteiger charge is -2.24. The van der Waals surface area contributed by atoms with E-state index in [1.165, 1.54) is 6.42 Å². The first-order valence-corrected chi connectivity index (χ1v) is 5.86. The van der Waals surface area contributed by atoms with Crippen LogP contribution in [0.25, 0.3) is 0 Å². The van der Waals surface area contributed by atoms with Crippen molar-refractivity contribution in [1.82, 2.24) is 4.98 Å². The van der Waals surface area contributed by atoms with Gasteiger partial charge in [0.25, 0.3) is 0 Å². The minimum Gasteiger partial charge on any atom is -0.383 e. The van der Waals surface area contributed by atoms with E-state index in [0.29, 0.717) is 16.6 Å². The van der Waals surface area contributed by atoms with Gasteiger partial charge in [-0.15, -0.1) is 11.6 Å². The summed E-state index contributed by atoms with van der Waals surface area (Å²) in [6, 6.07) is 4.01. The minimum atomic E-state index is 0.309. The molecule has 82 valence electrons. The summed E-state index contributed by atoms with van der Waals surface area (Å²) in [5, 5.41) is 0.341. The standard InChI is InChI=1S/C12H17ClN2/c1-12(5-4-10(13)8-12)7-9-3-2-6-15-11(9)14/h2-3,6,10H,4-5,7-8H2,1H3,(H2,14,15). The molecule has 0 radical (unpaired) electrons. The highest BCUT2D eigenvalue weighted by atomic mass is 35.5. The summed E-state index contributed by atoms with van der Waals surface area (Å²) in [6.45, 7) is 2.29. The van der Waals surface area contributed by atoms with Crippen LogP contribution in [-0.4, -0.2) is 10.4 Å². The first-order chi connectivity index (χ1) is 7.09. The lowest BCUT2D eigenvalue weighted by Crippen LogP contribution is -2.17. The Hall–Kier alpha value is -0.760. The summed E-state index contributed by atoms with van der Waals surface area (Å²) >= 11 is 6.16. The summed E-state index contributed by atoms with van der Waals surface area (Å²) in [5.41, 5.74) is 7.32. The molecule has 2 unspecified atom stereocenters. The van der Waals surface area contributed by atoms with Crippen molar-refractivity contribution in [1.29, 1.82) is 0 Å². The third-order valence-electron chi connectivity index (χ3n) is 3.32. The van der Waals surface area contributed by atoms with Gasteiger partial charge >= 0.3 is 0 Å². The fourth-order valence-electron chi connectivity index (χ4n) is 2.46. The van der Waals surface area contributed by atoms with Crippen LogP contribution in [0, 0.1) is 5.41 Å². The second kappa shape index (κ2) is 4.01. The van der Waals surface area contributed by atoms with Crippen LogP contribution in [0.4, 0.5) is 5.82 Å². The third kappa shape index (κ3) is 2.43. The minimum absolute atomic E-state index is 0.309. The molecule has 0 aliphatic heterocycles. The van der Waals surface area contributed by atoms with E-state index in [1.807, 2.05) is 6.07 Å². The molecule has 2 nitrogen and oxygen atoms in total. The van der Waals surface area contributed by atoms with Crippen LogP contribution in [0.2, 0.25) is 0 Å². The van der Waals surface area contributed by atoms with Crippen LogP contribution >= 0.6 is 11.6 Å². The second-order valence-corrected chi connectivity index (χ2v) is 5.49. The molecule has 0 saturated heterocycles. The number of aromatic nitrogens is 1. The maximum absolute atomic E-state index is 6.16. The highest BCUT2D eigenvalue weighted by Gasteiger charge is 2.34. The molecule has 0 amide bonds. The van der Waals surface area contributed by atoms with Crippen molar-refractivity contribution in [2.45, 2.75) is 38.0 Å². The van der Waals surface area contributed by atoms with Crippen LogP contribution in [0.5, 0.6) is 0 Å². The van der Waals surface area contributed by atoms with E-state index in [-0.39, 0.29) is 0 Å². The van der Waals surface area contributed by atoms with E-state index in [9.17, 15) is 0 Å². The summed E-state index contributed by atoms with van der Waals surface area (Å²) in [6.07, 6.45) is 6.13. The molecule has 2 rings (SSSR count). The zero-order valence-electron chi connectivity index (χ0n) is 9.04. The number of alkyl halides is 1. The highest BCUT2D eigenvalue weighted by molar-refractivity contribution is 6.20. The van der Waals surface area contributed by atoms with Gasteiger partial charge in [0.15, 0.2) is 0 Å². The van der Waals surface area contributed by atoms with Gasteiger partial charge in [0, 0.05) is 11.6 Å². The highest BCUT2D eigenvalue weighted by Crippen LogP contribution is 2.43. The van der Waals surface area contributed by atoms with Crippen molar-refractivity contribution in [3.8, 4) is 0 Å². The molecule has 0 aromatic carbocycles. The fraction of sp³-hybridized carbons (Fsp3) is 0.583. The number of halogens is 1. The molecule has 15 heavy (non-hydrogen) atoms. The van der Waals surface area contributed by atoms with E-state index < -0.39 is 0 Å². The molecule has 1 aliphatic carbocycles. The molecule has 2 N–H and O–H groups in total. The third-order valence-corrected chi connectivity index (χ3v) is 3.69. The zero-order valence-corrected chi connectivity index (χ0v) is 9.80. The van der Waals surface area contributed by atoms with Gasteiger partial charge in [-0.05, 0) is 42.7 Å². The topological polar surface area (TPSA) is 38.9 Å². The van der Waals surface area contributed by atoms with E-state index in [1.54, 1.807) is 6.20 Å². The van der Waals surface area contributed by atoms with E-state index in [2.05, 4.69) is 18.0 Å². The molecule has 1 saturated carbocycles. The average molecular weight is 225 g/mol. The summed E-state index contributed by atoms with van der Waals surface area (Å²) in [4.78, 5) is 4.12. The Morgan fingerprint density at radius 1 is 1.67 bits per heavy atom. The van der Waals surface area contributed by atoms with Crippen LogP contribution in [-0.2, 0) is 6.42 Å². The van der Waals surface area contributed by atoms with Crippen molar-refractivity contribution >= 4 is 17.4 Å². The molecule has 1 heterocycles. The Balaban J connectivity index is 2.12. The largest absolute Gasteiger partial charge is 0.383 e. The van der Waals surface area contributed by atoms with E-state index in [0.717, 1.165) is 24.8 Å². The Morgan fingerprint density at radius 3 is 3.07 bits per heavy atom. The van der Waals surface area contributed by atoms with Crippen molar-refractivity contribution in [3.05, 3.63) is 23.9 Å². The first-order valence-electron chi connectivity index (χ1n) is 5.42. The quantitative estimate of drug-likeness (QED) is 0.785. The number of rotatable bonds is 2. The molecule has 1 aromatic rings. The number of nitrogens with two attached hydrogens (primary N) is 1. The molecule has 0 spiro atoms. The lowest BCUT2D eigenvalue weighted by molar-refractivity contribution is 0.335. The lowest BCUT2D eigenvalue weighted by atomic mass is 9.82. The number of anilines is 1. The summed E-state index contributed by atoms with van der Waals surface area (Å²) < 4.78 is 0. The number of pyridine rings is 1. The Bertz CT molecular complexity index is 353. The average Bonchev–Trinajstić information content (AvgIpc) is 2.51. The van der Waals surface area contributed by atoms with Gasteiger partial charge in [-0.3, -0.25) is 0 Å². The SMILES string of the molecule is CC1(Cc2cccnc2N)CCC(Cl)C1. The monoisotopic (exact) mass is 224 g/mol. The summed E-state index contributed by atoms with van der Waals surface area (Å²) in [5.74, 6) is 0.664. The van der Waals surface area contributed by atoms with Gasteiger partial charge < -0.3 is 5.73 Å². The normalized spacial score (nSPS) is 30.7. The molecule has 0 bridgehead atoms. The fourth-order valence-corrected chi connectivity index (χ4v) is 2.95.